The molecule has 0 aromatic heterocycles. The van der Waals surface area contributed by atoms with Gasteiger partial charge in [0.1, 0.15) is 0 Å². The van der Waals surface area contributed by atoms with Gasteiger partial charge in [0.2, 0.25) is 9.84 Å². The molecule has 5 nitrogen and oxygen atoms in total. The van der Waals surface area contributed by atoms with Gasteiger partial charge in [-0.3, -0.25) is 4.18 Å². The van der Waals surface area contributed by atoms with E-state index in [1.54, 1.807) is 0 Å². The van der Waals surface area contributed by atoms with Gasteiger partial charge in [-0.25, -0.2) is 8.42 Å². The van der Waals surface area contributed by atoms with Crippen molar-refractivity contribution in [2.45, 2.75) is 42.6 Å². The van der Waals surface area contributed by atoms with Gasteiger partial charge in [-0.15, -0.1) is 0 Å². The van der Waals surface area contributed by atoms with Crippen molar-refractivity contribution in [1.82, 2.24) is 0 Å². The maximum absolute atomic E-state index is 14.0. The number of rotatable bonds is 5. The van der Waals surface area contributed by atoms with Gasteiger partial charge in [0, 0.05) is 12.7 Å². The van der Waals surface area contributed by atoms with Crippen molar-refractivity contribution < 1.29 is 29.8 Å². The zero-order chi connectivity index (χ0) is 18.4. The van der Waals surface area contributed by atoms with Crippen LogP contribution in [0.5, 0.6) is 0 Å². The molecule has 0 heterocycles. The molecule has 9 heteroatoms. The monoisotopic (exact) mass is 398 g/mol. The molecule has 4 saturated carbocycles. The Morgan fingerprint density at radius 1 is 0.960 bits per heavy atom. The molecule has 0 aliphatic heterocycles. The number of halogens is 2. The minimum absolute atomic E-state index is 0.0753. The van der Waals surface area contributed by atoms with E-state index >= 15 is 0 Å². The molecule has 25 heavy (non-hydrogen) atoms. The van der Waals surface area contributed by atoms with Gasteiger partial charge in [-0.1, -0.05) is 0 Å². The molecule has 4 fully saturated rings. The second kappa shape index (κ2) is 5.38. The molecule has 0 amide bonds. The number of hydrogen-bond donors (Lipinski definition) is 0. The van der Waals surface area contributed by atoms with Crippen LogP contribution in [0.25, 0.3) is 0 Å². The Balaban J connectivity index is 1.53. The molecule has 4 aliphatic carbocycles. The van der Waals surface area contributed by atoms with Crippen LogP contribution < -0.4 is 0 Å². The van der Waals surface area contributed by atoms with Crippen molar-refractivity contribution in [3.63, 3.8) is 0 Å². The van der Waals surface area contributed by atoms with Gasteiger partial charge in [-0.05, 0) is 67.1 Å². The molecular weight excluding hydrogens is 374 g/mol. The van der Waals surface area contributed by atoms with Gasteiger partial charge in [0.15, 0.2) is 0 Å². The maximum Gasteiger partial charge on any atom is 0.345 e. The molecular formula is C16H24F2O5S2. The van der Waals surface area contributed by atoms with Crippen molar-refractivity contribution in [3.8, 4) is 0 Å². The summed E-state index contributed by atoms with van der Waals surface area (Å²) in [4.78, 5) is 0. The first-order valence-corrected chi connectivity index (χ1v) is 12.2. The lowest BCUT2D eigenvalue weighted by Crippen LogP contribution is -2.42. The van der Waals surface area contributed by atoms with Crippen molar-refractivity contribution in [1.29, 1.82) is 0 Å². The standard InChI is InChI=1S/C16H24F2O5S2/c1-23-25(21,22)13-6-9-5-12(13)15-8-3-10(11(4-8)14(9)15)7-16(17,18)24(2,19)20/h8-15H,3-7H2,1-2H3. The Bertz CT molecular complexity index is 778. The van der Waals surface area contributed by atoms with Gasteiger partial charge in [0.05, 0.1) is 12.4 Å². The van der Waals surface area contributed by atoms with Crippen LogP contribution in [-0.2, 0) is 24.1 Å². The maximum atomic E-state index is 14.0. The fourth-order valence-corrected chi connectivity index (χ4v) is 8.79. The molecule has 0 saturated heterocycles. The van der Waals surface area contributed by atoms with Crippen LogP contribution in [0.3, 0.4) is 0 Å². The Morgan fingerprint density at radius 3 is 2.12 bits per heavy atom. The van der Waals surface area contributed by atoms with Crippen LogP contribution in [-0.4, -0.2) is 40.7 Å². The lowest BCUT2D eigenvalue weighted by molar-refractivity contribution is 0.0249. The molecule has 8 unspecified atom stereocenters. The first-order valence-electron chi connectivity index (χ1n) is 8.83. The normalized spacial score (nSPS) is 45.9. The summed E-state index contributed by atoms with van der Waals surface area (Å²) in [5.74, 6) is 0.979. The molecule has 0 radical (unpaired) electrons. The van der Waals surface area contributed by atoms with Crippen LogP contribution >= 0.6 is 0 Å². The quantitative estimate of drug-likeness (QED) is 0.525. The number of hydrogen-bond acceptors (Lipinski definition) is 5. The van der Waals surface area contributed by atoms with Crippen LogP contribution in [0.1, 0.15) is 32.1 Å². The van der Waals surface area contributed by atoms with Gasteiger partial charge >= 0.3 is 5.25 Å². The van der Waals surface area contributed by atoms with E-state index in [-0.39, 0.29) is 41.4 Å². The van der Waals surface area contributed by atoms with Crippen LogP contribution in [0.15, 0.2) is 0 Å². The average molecular weight is 398 g/mol. The van der Waals surface area contributed by atoms with E-state index in [1.807, 2.05) is 0 Å². The SMILES string of the molecule is COS(=O)(=O)C1CC2CC1C1C3CC(CC(F)(F)S(C)(=O)=O)C(C3)C21. The van der Waals surface area contributed by atoms with Crippen molar-refractivity contribution in [2.24, 2.45) is 41.4 Å². The number of sulfone groups is 1. The predicted molar refractivity (Wildman–Crippen MR) is 87.0 cm³/mol. The van der Waals surface area contributed by atoms with Crippen molar-refractivity contribution >= 4 is 20.0 Å². The third kappa shape index (κ3) is 2.51. The molecule has 8 atom stereocenters. The Morgan fingerprint density at radius 2 is 1.52 bits per heavy atom. The molecule has 4 aliphatic rings. The largest absolute Gasteiger partial charge is 0.345 e. The lowest BCUT2D eigenvalue weighted by Gasteiger charge is -2.41. The van der Waals surface area contributed by atoms with Crippen LogP contribution in [0.2, 0.25) is 0 Å². The van der Waals surface area contributed by atoms with E-state index in [4.69, 9.17) is 4.18 Å². The molecule has 0 aromatic rings. The topological polar surface area (TPSA) is 77.5 Å². The first kappa shape index (κ1) is 18.1. The minimum Gasteiger partial charge on any atom is -0.273 e. The summed E-state index contributed by atoms with van der Waals surface area (Å²) in [5, 5.41) is -4.13. The summed E-state index contributed by atoms with van der Waals surface area (Å²) in [7, 11) is -6.75. The van der Waals surface area contributed by atoms with Crippen molar-refractivity contribution in [3.05, 3.63) is 0 Å². The van der Waals surface area contributed by atoms with Crippen LogP contribution in [0.4, 0.5) is 8.78 Å². The summed E-state index contributed by atoms with van der Waals surface area (Å²) in [6.07, 6.45) is 2.84. The molecule has 4 bridgehead atoms. The molecule has 0 spiro atoms. The second-order valence-corrected chi connectivity index (χ2v) is 12.6. The van der Waals surface area contributed by atoms with E-state index in [0.29, 0.717) is 19.1 Å². The molecule has 4 rings (SSSR count). The number of alkyl halides is 2. The summed E-state index contributed by atoms with van der Waals surface area (Å²) in [6, 6.07) is 0. The molecule has 0 aromatic carbocycles. The van der Waals surface area contributed by atoms with Gasteiger partial charge < -0.3 is 0 Å². The summed E-state index contributed by atoms with van der Waals surface area (Å²) in [6.45, 7) is 0. The Kier molecular flexibility index (Phi) is 3.89. The predicted octanol–water partition coefficient (Wildman–Crippen LogP) is 2.29. The average Bonchev–Trinajstić information content (AvgIpc) is 3.22. The third-order valence-corrected chi connectivity index (χ3v) is 10.5. The Labute approximate surface area is 147 Å². The fraction of sp³-hybridized carbons (Fsp3) is 1.00. The van der Waals surface area contributed by atoms with E-state index in [1.165, 1.54) is 7.11 Å². The van der Waals surface area contributed by atoms with E-state index in [9.17, 15) is 25.6 Å². The second-order valence-electron chi connectivity index (χ2n) is 8.52. The Hall–Kier alpha value is -0.280. The summed E-state index contributed by atoms with van der Waals surface area (Å²) >= 11 is 0. The smallest absolute Gasteiger partial charge is 0.273 e. The van der Waals surface area contributed by atoms with E-state index in [0.717, 1.165) is 12.8 Å². The van der Waals surface area contributed by atoms with Crippen molar-refractivity contribution in [2.75, 3.05) is 13.4 Å². The molecule has 0 N–H and O–H groups in total. The fourth-order valence-electron chi connectivity index (χ4n) is 6.82. The zero-order valence-corrected chi connectivity index (χ0v) is 15.9. The third-order valence-electron chi connectivity index (χ3n) is 7.54. The first-order chi connectivity index (χ1) is 11.5. The summed E-state index contributed by atoms with van der Waals surface area (Å²) < 4.78 is 79.8. The zero-order valence-electron chi connectivity index (χ0n) is 14.3. The highest BCUT2D eigenvalue weighted by molar-refractivity contribution is 7.91. The van der Waals surface area contributed by atoms with Crippen LogP contribution in [0, 0.1) is 41.4 Å². The molecule has 144 valence electrons. The van der Waals surface area contributed by atoms with Gasteiger partial charge in [-0.2, -0.15) is 17.2 Å². The van der Waals surface area contributed by atoms with Gasteiger partial charge in [0.25, 0.3) is 10.1 Å². The highest BCUT2D eigenvalue weighted by Gasteiger charge is 2.67. The van der Waals surface area contributed by atoms with E-state index in [2.05, 4.69) is 0 Å². The lowest BCUT2D eigenvalue weighted by atomic mass is 9.67. The highest BCUT2D eigenvalue weighted by Crippen LogP contribution is 2.70. The minimum atomic E-state index is -4.40. The number of fused-ring (bicyclic) bond motifs is 9. The van der Waals surface area contributed by atoms with E-state index < -0.39 is 36.9 Å². The summed E-state index contributed by atoms with van der Waals surface area (Å²) in [5.41, 5.74) is 0. The highest BCUT2D eigenvalue weighted by atomic mass is 32.2.